The smallest absolute Gasteiger partial charge is 0.208 e. The summed E-state index contributed by atoms with van der Waals surface area (Å²) in [7, 11) is -3.42. The molecule has 6 nitrogen and oxygen atoms in total. The molecular weight excluding hydrogens is 593 g/mol. The third kappa shape index (κ3) is 6.75. The zero-order valence-corrected chi connectivity index (χ0v) is 24.5. The molecule has 1 heterocycles. The average molecular weight is 622 g/mol. The maximum atomic E-state index is 15.1. The summed E-state index contributed by atoms with van der Waals surface area (Å²) in [5, 5.41) is 0.335. The summed E-state index contributed by atoms with van der Waals surface area (Å²) >= 11 is 12.6. The molecule has 0 saturated heterocycles. The SMILES string of the molecule is CS(=O)(=O)N[C@H]1CC[C@](Cc2ccc(Cl)c(-c3ccc(F)c(F)c3OCc3ccccc3)c2)(c2nc(CCl)co2)C1. The molecule has 1 aliphatic carbocycles. The summed E-state index contributed by atoms with van der Waals surface area (Å²) in [5.41, 5.74) is 2.36. The minimum Gasteiger partial charge on any atom is -0.485 e. The van der Waals surface area contributed by atoms with Gasteiger partial charge in [-0.05, 0) is 61.1 Å². The lowest BCUT2D eigenvalue weighted by molar-refractivity contribution is 0.286. The van der Waals surface area contributed by atoms with Crippen LogP contribution in [0.3, 0.4) is 0 Å². The highest BCUT2D eigenvalue weighted by atomic mass is 35.5. The number of alkyl halides is 1. The molecule has 1 aromatic heterocycles. The van der Waals surface area contributed by atoms with Crippen LogP contribution in [0.5, 0.6) is 5.75 Å². The van der Waals surface area contributed by atoms with Crippen molar-refractivity contribution in [2.45, 2.75) is 49.6 Å². The Hall–Kier alpha value is -2.98. The number of ether oxygens (including phenoxy) is 1. The van der Waals surface area contributed by atoms with Crippen molar-refractivity contribution in [1.82, 2.24) is 9.71 Å². The Morgan fingerprint density at radius 1 is 1.10 bits per heavy atom. The van der Waals surface area contributed by atoms with E-state index in [1.165, 1.54) is 12.3 Å². The molecule has 1 saturated carbocycles. The highest BCUT2D eigenvalue weighted by molar-refractivity contribution is 7.88. The van der Waals surface area contributed by atoms with Gasteiger partial charge in [0.25, 0.3) is 0 Å². The fourth-order valence-electron chi connectivity index (χ4n) is 5.47. The van der Waals surface area contributed by atoms with E-state index < -0.39 is 27.1 Å². The zero-order chi connectivity index (χ0) is 29.2. The van der Waals surface area contributed by atoms with Gasteiger partial charge in [0.15, 0.2) is 11.6 Å². The van der Waals surface area contributed by atoms with E-state index in [1.54, 1.807) is 6.07 Å². The van der Waals surface area contributed by atoms with Crippen LogP contribution in [0.15, 0.2) is 71.3 Å². The molecule has 216 valence electrons. The molecule has 2 atom stereocenters. The Kier molecular flexibility index (Phi) is 8.70. The summed E-state index contributed by atoms with van der Waals surface area (Å²) in [6, 6.07) is 16.7. The van der Waals surface area contributed by atoms with E-state index in [2.05, 4.69) is 9.71 Å². The molecule has 0 amide bonds. The summed E-state index contributed by atoms with van der Waals surface area (Å²) in [4.78, 5) is 4.58. The molecule has 11 heteroatoms. The molecule has 1 aliphatic rings. The summed E-state index contributed by atoms with van der Waals surface area (Å²) in [6.45, 7) is 0.0381. The van der Waals surface area contributed by atoms with Crippen LogP contribution in [-0.2, 0) is 34.3 Å². The molecule has 0 spiro atoms. The van der Waals surface area contributed by atoms with Crippen LogP contribution < -0.4 is 9.46 Å². The van der Waals surface area contributed by atoms with Crippen molar-refractivity contribution in [1.29, 1.82) is 0 Å². The van der Waals surface area contributed by atoms with Crippen LogP contribution in [0.4, 0.5) is 8.78 Å². The Morgan fingerprint density at radius 3 is 2.59 bits per heavy atom. The second-order valence-electron chi connectivity index (χ2n) is 10.4. The number of rotatable bonds is 10. The maximum absolute atomic E-state index is 15.1. The minimum atomic E-state index is -3.42. The van der Waals surface area contributed by atoms with Crippen LogP contribution in [0.2, 0.25) is 5.02 Å². The number of hydrogen-bond donors (Lipinski definition) is 1. The van der Waals surface area contributed by atoms with E-state index in [9.17, 15) is 12.8 Å². The van der Waals surface area contributed by atoms with Gasteiger partial charge in [-0.2, -0.15) is 4.39 Å². The van der Waals surface area contributed by atoms with Crippen LogP contribution in [-0.4, -0.2) is 25.7 Å². The van der Waals surface area contributed by atoms with Gasteiger partial charge in [-0.25, -0.2) is 22.5 Å². The lowest BCUT2D eigenvalue weighted by Gasteiger charge is -2.27. The topological polar surface area (TPSA) is 81.4 Å². The molecule has 3 aromatic carbocycles. The highest BCUT2D eigenvalue weighted by Crippen LogP contribution is 2.45. The summed E-state index contributed by atoms with van der Waals surface area (Å²) in [6.07, 6.45) is 4.73. The van der Waals surface area contributed by atoms with Crippen molar-refractivity contribution in [3.05, 3.63) is 106 Å². The number of sulfonamides is 1. The van der Waals surface area contributed by atoms with Gasteiger partial charge in [0.05, 0.1) is 23.2 Å². The van der Waals surface area contributed by atoms with E-state index in [0.717, 1.165) is 23.4 Å². The van der Waals surface area contributed by atoms with Gasteiger partial charge in [0.1, 0.15) is 12.9 Å². The van der Waals surface area contributed by atoms with E-state index in [4.69, 9.17) is 32.4 Å². The minimum absolute atomic E-state index is 0.0381. The van der Waals surface area contributed by atoms with Gasteiger partial charge in [-0.1, -0.05) is 48.0 Å². The van der Waals surface area contributed by atoms with Crippen molar-refractivity contribution in [2.75, 3.05) is 6.26 Å². The largest absolute Gasteiger partial charge is 0.485 e. The second-order valence-corrected chi connectivity index (χ2v) is 12.8. The van der Waals surface area contributed by atoms with E-state index >= 15 is 4.39 Å². The Balaban J connectivity index is 1.51. The Labute approximate surface area is 247 Å². The lowest BCUT2D eigenvalue weighted by atomic mass is 9.79. The summed E-state index contributed by atoms with van der Waals surface area (Å²) < 4.78 is 67.7. The number of aromatic nitrogens is 1. The van der Waals surface area contributed by atoms with Crippen molar-refractivity contribution in [2.24, 2.45) is 0 Å². The van der Waals surface area contributed by atoms with Gasteiger partial charge >= 0.3 is 0 Å². The number of nitrogens with zero attached hydrogens (tertiary/aromatic N) is 1. The van der Waals surface area contributed by atoms with Gasteiger partial charge in [-0.3, -0.25) is 0 Å². The first-order valence-corrected chi connectivity index (χ1v) is 15.8. The van der Waals surface area contributed by atoms with E-state index in [-0.39, 0.29) is 24.3 Å². The molecule has 0 bridgehead atoms. The van der Waals surface area contributed by atoms with Crippen molar-refractivity contribution >= 4 is 33.2 Å². The fraction of sp³-hybridized carbons (Fsp3) is 0.300. The van der Waals surface area contributed by atoms with E-state index in [1.807, 2.05) is 42.5 Å². The van der Waals surface area contributed by atoms with Crippen LogP contribution in [0, 0.1) is 11.6 Å². The first-order valence-electron chi connectivity index (χ1n) is 13.0. The van der Waals surface area contributed by atoms with Gasteiger partial charge in [-0.15, -0.1) is 11.6 Å². The number of nitrogens with one attached hydrogen (secondary N) is 1. The number of hydrogen-bond acceptors (Lipinski definition) is 5. The third-order valence-electron chi connectivity index (χ3n) is 7.27. The van der Waals surface area contributed by atoms with Gasteiger partial charge in [0, 0.05) is 22.2 Å². The first kappa shape index (κ1) is 29.5. The predicted octanol–water partition coefficient (Wildman–Crippen LogP) is 7.17. The van der Waals surface area contributed by atoms with Crippen LogP contribution in [0.25, 0.3) is 11.1 Å². The number of benzene rings is 3. The fourth-order valence-corrected chi connectivity index (χ4v) is 6.62. The van der Waals surface area contributed by atoms with Crippen molar-refractivity contribution < 1.29 is 26.4 Å². The maximum Gasteiger partial charge on any atom is 0.208 e. The lowest BCUT2D eigenvalue weighted by Crippen LogP contribution is -2.35. The molecular formula is C30H28Cl2F2N2O4S. The molecule has 41 heavy (non-hydrogen) atoms. The molecule has 0 aliphatic heterocycles. The van der Waals surface area contributed by atoms with Crippen molar-refractivity contribution in [3.63, 3.8) is 0 Å². The van der Waals surface area contributed by atoms with Crippen LogP contribution in [0.1, 0.15) is 42.0 Å². The summed E-state index contributed by atoms with van der Waals surface area (Å²) in [5.74, 6) is -1.72. The molecule has 0 radical (unpaired) electrons. The molecule has 0 unspecified atom stereocenters. The number of halogens is 4. The normalized spacial score (nSPS) is 19.0. The molecule has 4 aromatic rings. The Bertz CT molecular complexity index is 1650. The standard InChI is InChI=1S/C30H28Cl2F2N2O4S/c1-41(37,38)36-21-11-12-30(15-21,29-35-22(16-31)18-40-29)14-20-7-9-25(32)24(13-20)23-8-10-26(33)27(34)28(23)39-17-19-5-3-2-4-6-19/h2-10,13,18,21,36H,11-12,14-17H2,1H3/t21-,30+/m0/s1. The second kappa shape index (κ2) is 12.1. The van der Waals surface area contributed by atoms with Gasteiger partial charge < -0.3 is 9.15 Å². The van der Waals surface area contributed by atoms with Gasteiger partial charge in [0.2, 0.25) is 21.7 Å². The predicted molar refractivity (Wildman–Crippen MR) is 155 cm³/mol. The molecule has 1 N–H and O–H groups in total. The Morgan fingerprint density at radius 2 is 1.88 bits per heavy atom. The monoisotopic (exact) mass is 620 g/mol. The van der Waals surface area contributed by atoms with Crippen LogP contribution >= 0.6 is 23.2 Å². The quantitative estimate of drug-likeness (QED) is 0.190. The van der Waals surface area contributed by atoms with Crippen molar-refractivity contribution in [3.8, 4) is 16.9 Å². The molecule has 5 rings (SSSR count). The number of oxazole rings is 1. The average Bonchev–Trinajstić information content (AvgIpc) is 3.58. The third-order valence-corrected chi connectivity index (χ3v) is 8.64. The molecule has 1 fully saturated rings. The zero-order valence-electron chi connectivity index (χ0n) is 22.2. The highest BCUT2D eigenvalue weighted by Gasteiger charge is 2.45. The first-order chi connectivity index (χ1) is 19.6. The van der Waals surface area contributed by atoms with E-state index in [0.29, 0.717) is 53.4 Å².